The second kappa shape index (κ2) is 5.46. The van der Waals surface area contributed by atoms with Crippen molar-refractivity contribution in [2.75, 3.05) is 5.32 Å². The first-order chi connectivity index (χ1) is 11.6. The van der Waals surface area contributed by atoms with Gasteiger partial charge in [-0.2, -0.15) is 0 Å². The highest BCUT2D eigenvalue weighted by molar-refractivity contribution is 6.35. The van der Waals surface area contributed by atoms with Gasteiger partial charge in [-0.1, -0.05) is 17.7 Å². The summed E-state index contributed by atoms with van der Waals surface area (Å²) in [4.78, 5) is 12.0. The van der Waals surface area contributed by atoms with E-state index in [-0.39, 0.29) is 0 Å². The lowest BCUT2D eigenvalue weighted by Gasteiger charge is -2.13. The first-order valence-electron chi connectivity index (χ1n) is 7.52. The Morgan fingerprint density at radius 3 is 2.88 bits per heavy atom. The number of hydrogen-bond donors (Lipinski definition) is 1. The standard InChI is InChI=1S/C17H13ClFN5/c1-20-10-5-11(9-3-4-9)15(13(19)6-10)22-14-7-12(18)16-17(23-14)24(2)8-21-16/h5-9H,3-4H2,2H3,(H,22,23). The Hall–Kier alpha value is -2.65. The van der Waals surface area contributed by atoms with E-state index >= 15 is 0 Å². The molecule has 120 valence electrons. The number of rotatable bonds is 3. The minimum Gasteiger partial charge on any atom is -0.338 e. The van der Waals surface area contributed by atoms with Crippen molar-refractivity contribution in [2.45, 2.75) is 18.8 Å². The predicted octanol–water partition coefficient (Wildman–Crippen LogP) is 4.93. The number of nitrogens with one attached hydrogen (secondary N) is 1. The Labute approximate surface area is 142 Å². The highest BCUT2D eigenvalue weighted by Gasteiger charge is 2.28. The number of halogens is 2. The molecule has 1 aromatic carbocycles. The smallest absolute Gasteiger partial charge is 0.190 e. The number of imidazole rings is 1. The quantitative estimate of drug-likeness (QED) is 0.687. The van der Waals surface area contributed by atoms with Crippen LogP contribution in [0.15, 0.2) is 24.5 Å². The van der Waals surface area contributed by atoms with E-state index in [1.54, 1.807) is 23.0 Å². The third-order valence-corrected chi connectivity index (χ3v) is 4.41. The first-order valence-corrected chi connectivity index (χ1v) is 7.90. The van der Waals surface area contributed by atoms with E-state index in [9.17, 15) is 4.39 Å². The van der Waals surface area contributed by atoms with Crippen LogP contribution in [0.3, 0.4) is 0 Å². The van der Waals surface area contributed by atoms with E-state index < -0.39 is 5.82 Å². The molecular formula is C17H13ClFN5. The highest BCUT2D eigenvalue weighted by atomic mass is 35.5. The molecule has 2 aromatic heterocycles. The van der Waals surface area contributed by atoms with Gasteiger partial charge in [0.25, 0.3) is 0 Å². The van der Waals surface area contributed by atoms with Crippen LogP contribution in [0.5, 0.6) is 0 Å². The van der Waals surface area contributed by atoms with Crippen LogP contribution in [-0.4, -0.2) is 14.5 Å². The molecule has 24 heavy (non-hydrogen) atoms. The molecule has 1 N–H and O–H groups in total. The van der Waals surface area contributed by atoms with Gasteiger partial charge in [-0.15, -0.1) is 0 Å². The van der Waals surface area contributed by atoms with Gasteiger partial charge in [0.15, 0.2) is 11.3 Å². The third-order valence-electron chi connectivity index (χ3n) is 4.13. The normalized spacial score (nSPS) is 13.9. The summed E-state index contributed by atoms with van der Waals surface area (Å²) in [5.74, 6) is 0.292. The molecular weight excluding hydrogens is 329 g/mol. The Morgan fingerprint density at radius 1 is 1.38 bits per heavy atom. The van der Waals surface area contributed by atoms with E-state index in [0.717, 1.165) is 18.4 Å². The van der Waals surface area contributed by atoms with Crippen molar-refractivity contribution >= 4 is 40.0 Å². The van der Waals surface area contributed by atoms with Crippen LogP contribution >= 0.6 is 11.6 Å². The molecule has 0 unspecified atom stereocenters. The maximum atomic E-state index is 14.5. The van der Waals surface area contributed by atoms with E-state index in [1.807, 2.05) is 7.05 Å². The number of aryl methyl sites for hydroxylation is 1. The van der Waals surface area contributed by atoms with Gasteiger partial charge in [0, 0.05) is 13.1 Å². The molecule has 4 rings (SSSR count). The highest BCUT2D eigenvalue weighted by Crippen LogP contribution is 2.46. The van der Waals surface area contributed by atoms with Crippen molar-refractivity contribution in [2.24, 2.45) is 7.05 Å². The first kappa shape index (κ1) is 14.9. The summed E-state index contributed by atoms with van der Waals surface area (Å²) in [5.41, 5.74) is 2.74. The molecule has 1 aliphatic carbocycles. The summed E-state index contributed by atoms with van der Waals surface area (Å²) in [5, 5.41) is 3.50. The second-order valence-electron chi connectivity index (χ2n) is 5.92. The lowest BCUT2D eigenvalue weighted by Crippen LogP contribution is -2.01. The zero-order valence-electron chi connectivity index (χ0n) is 12.8. The summed E-state index contributed by atoms with van der Waals surface area (Å²) < 4.78 is 16.3. The maximum Gasteiger partial charge on any atom is 0.190 e. The number of anilines is 2. The minimum absolute atomic E-state index is 0.291. The maximum absolute atomic E-state index is 14.5. The SMILES string of the molecule is [C-]#[N+]c1cc(F)c(Nc2cc(Cl)c3ncn(C)c3n2)c(C2CC2)c1. The van der Waals surface area contributed by atoms with Gasteiger partial charge >= 0.3 is 0 Å². The van der Waals surface area contributed by atoms with Crippen molar-refractivity contribution in [3.8, 4) is 0 Å². The van der Waals surface area contributed by atoms with Crippen molar-refractivity contribution < 1.29 is 4.39 Å². The molecule has 2 heterocycles. The van der Waals surface area contributed by atoms with Crippen molar-refractivity contribution in [3.63, 3.8) is 0 Å². The Balaban J connectivity index is 1.81. The fourth-order valence-electron chi connectivity index (χ4n) is 2.78. The fraction of sp³-hybridized carbons (Fsp3) is 0.235. The van der Waals surface area contributed by atoms with Crippen LogP contribution in [0, 0.1) is 12.4 Å². The number of hydrogen-bond acceptors (Lipinski definition) is 3. The Kier molecular flexibility index (Phi) is 3.39. The van der Waals surface area contributed by atoms with Crippen molar-refractivity contribution in [1.82, 2.24) is 14.5 Å². The van der Waals surface area contributed by atoms with Gasteiger partial charge in [-0.25, -0.2) is 19.2 Å². The molecule has 0 atom stereocenters. The largest absolute Gasteiger partial charge is 0.338 e. The number of aromatic nitrogens is 3. The molecule has 0 amide bonds. The summed E-state index contributed by atoms with van der Waals surface area (Å²) in [6, 6.07) is 4.63. The molecule has 7 heteroatoms. The van der Waals surface area contributed by atoms with E-state index in [2.05, 4.69) is 20.1 Å². The van der Waals surface area contributed by atoms with E-state index in [4.69, 9.17) is 18.2 Å². The molecule has 1 aliphatic rings. The van der Waals surface area contributed by atoms with Crippen LogP contribution in [0.1, 0.15) is 24.3 Å². The van der Waals surface area contributed by atoms with Crippen LogP contribution in [0.25, 0.3) is 16.0 Å². The number of benzene rings is 1. The summed E-state index contributed by atoms with van der Waals surface area (Å²) in [6.07, 6.45) is 3.64. The monoisotopic (exact) mass is 341 g/mol. The molecule has 1 fully saturated rings. The summed E-state index contributed by atoms with van der Waals surface area (Å²) in [6.45, 7) is 7.11. The van der Waals surface area contributed by atoms with Crippen LogP contribution in [-0.2, 0) is 7.05 Å². The number of nitrogens with zero attached hydrogens (tertiary/aromatic N) is 4. The lowest BCUT2D eigenvalue weighted by molar-refractivity contribution is 0.630. The Morgan fingerprint density at radius 2 is 2.17 bits per heavy atom. The van der Waals surface area contributed by atoms with E-state index in [0.29, 0.717) is 39.3 Å². The van der Waals surface area contributed by atoms with Crippen LogP contribution < -0.4 is 5.32 Å². The van der Waals surface area contributed by atoms with Gasteiger partial charge in [0.05, 0.1) is 23.6 Å². The average molecular weight is 342 g/mol. The zero-order valence-corrected chi connectivity index (χ0v) is 13.6. The van der Waals surface area contributed by atoms with Gasteiger partial charge in [-0.05, 0) is 30.4 Å². The predicted molar refractivity (Wildman–Crippen MR) is 91.4 cm³/mol. The van der Waals surface area contributed by atoms with Gasteiger partial charge in [0.1, 0.15) is 17.2 Å². The fourth-order valence-corrected chi connectivity index (χ4v) is 3.01. The van der Waals surface area contributed by atoms with E-state index in [1.165, 1.54) is 6.07 Å². The molecule has 0 bridgehead atoms. The van der Waals surface area contributed by atoms with Gasteiger partial charge in [-0.3, -0.25) is 0 Å². The number of fused-ring (bicyclic) bond motifs is 1. The van der Waals surface area contributed by atoms with Gasteiger partial charge < -0.3 is 9.88 Å². The number of pyridine rings is 1. The van der Waals surface area contributed by atoms with Crippen LogP contribution in [0.4, 0.5) is 21.6 Å². The van der Waals surface area contributed by atoms with Gasteiger partial charge in [0.2, 0.25) is 0 Å². The van der Waals surface area contributed by atoms with Crippen molar-refractivity contribution in [1.29, 1.82) is 0 Å². The lowest BCUT2D eigenvalue weighted by atomic mass is 10.1. The molecule has 0 aliphatic heterocycles. The summed E-state index contributed by atoms with van der Waals surface area (Å²) in [7, 11) is 1.82. The zero-order chi connectivity index (χ0) is 16.8. The minimum atomic E-state index is -0.451. The average Bonchev–Trinajstić information content (AvgIpc) is 3.33. The molecule has 1 saturated carbocycles. The molecule has 0 spiro atoms. The molecule has 0 radical (unpaired) electrons. The van der Waals surface area contributed by atoms with Crippen LogP contribution in [0.2, 0.25) is 5.02 Å². The molecule has 0 saturated heterocycles. The summed E-state index contributed by atoms with van der Waals surface area (Å²) >= 11 is 6.25. The Bertz CT molecular complexity index is 1000. The second-order valence-corrected chi connectivity index (χ2v) is 6.33. The molecule has 5 nitrogen and oxygen atoms in total. The molecule has 3 aromatic rings. The topological polar surface area (TPSA) is 47.1 Å². The van der Waals surface area contributed by atoms with Crippen molar-refractivity contribution in [3.05, 3.63) is 52.3 Å². The third kappa shape index (κ3) is 2.47.